The molecule has 0 saturated heterocycles. The van der Waals surface area contributed by atoms with Gasteiger partial charge in [-0.2, -0.15) is 0 Å². The van der Waals surface area contributed by atoms with Crippen LogP contribution < -0.4 is 5.32 Å². The van der Waals surface area contributed by atoms with Crippen LogP contribution in [-0.2, 0) is 11.2 Å². The lowest BCUT2D eigenvalue weighted by Crippen LogP contribution is -2.30. The lowest BCUT2D eigenvalue weighted by atomic mass is 9.96. The third-order valence-electron chi connectivity index (χ3n) is 4.93. The molecule has 0 saturated carbocycles. The zero-order valence-electron chi connectivity index (χ0n) is 15.5. The Kier molecular flexibility index (Phi) is 5.39. The van der Waals surface area contributed by atoms with Crippen LogP contribution in [0.15, 0.2) is 72.2 Å². The first kappa shape index (κ1) is 18.9. The molecule has 1 atom stereocenters. The van der Waals surface area contributed by atoms with Crippen molar-refractivity contribution < 1.29 is 9.72 Å². The van der Waals surface area contributed by atoms with E-state index in [1.165, 1.54) is 6.07 Å². The van der Waals surface area contributed by atoms with Crippen molar-refractivity contribution in [3.05, 3.63) is 98.4 Å². The number of rotatable bonds is 7. The van der Waals surface area contributed by atoms with Gasteiger partial charge in [-0.1, -0.05) is 42.5 Å². The van der Waals surface area contributed by atoms with Crippen LogP contribution in [0.2, 0.25) is 0 Å². The van der Waals surface area contributed by atoms with Gasteiger partial charge in [0, 0.05) is 46.1 Å². The number of H-pyrrole nitrogens is 1. The molecule has 2 N–H and O–H groups in total. The summed E-state index contributed by atoms with van der Waals surface area (Å²) >= 11 is 1.65. The Morgan fingerprint density at radius 3 is 2.69 bits per heavy atom. The Morgan fingerprint density at radius 2 is 1.90 bits per heavy atom. The van der Waals surface area contributed by atoms with Gasteiger partial charge in [0.25, 0.3) is 5.69 Å². The van der Waals surface area contributed by atoms with Crippen molar-refractivity contribution in [2.45, 2.75) is 12.3 Å². The summed E-state index contributed by atoms with van der Waals surface area (Å²) in [5, 5.41) is 17.3. The first-order valence-corrected chi connectivity index (χ1v) is 10.1. The van der Waals surface area contributed by atoms with Gasteiger partial charge < -0.3 is 10.3 Å². The molecule has 7 heteroatoms. The maximum atomic E-state index is 12.6. The highest BCUT2D eigenvalue weighted by molar-refractivity contribution is 7.10. The van der Waals surface area contributed by atoms with Crippen molar-refractivity contribution in [1.29, 1.82) is 0 Å². The van der Waals surface area contributed by atoms with Crippen LogP contribution in [0.4, 0.5) is 5.69 Å². The van der Waals surface area contributed by atoms with E-state index >= 15 is 0 Å². The summed E-state index contributed by atoms with van der Waals surface area (Å²) in [6.45, 7) is 0.418. The minimum atomic E-state index is -0.455. The van der Waals surface area contributed by atoms with E-state index in [0.29, 0.717) is 12.1 Å². The maximum absolute atomic E-state index is 12.6. The molecule has 146 valence electrons. The second-order valence-electron chi connectivity index (χ2n) is 6.72. The van der Waals surface area contributed by atoms with Gasteiger partial charge in [-0.05, 0) is 23.1 Å². The number of aromatic amines is 1. The van der Waals surface area contributed by atoms with Crippen molar-refractivity contribution >= 4 is 33.8 Å². The summed E-state index contributed by atoms with van der Waals surface area (Å²) < 4.78 is 0. The van der Waals surface area contributed by atoms with Gasteiger partial charge in [0.05, 0.1) is 11.3 Å². The summed E-state index contributed by atoms with van der Waals surface area (Å²) in [7, 11) is 0. The minimum absolute atomic E-state index is 0.000796. The number of nitro groups is 1. The molecule has 0 aliphatic rings. The average molecular weight is 405 g/mol. The van der Waals surface area contributed by atoms with E-state index in [0.717, 1.165) is 21.3 Å². The highest BCUT2D eigenvalue weighted by Crippen LogP contribution is 2.32. The third kappa shape index (κ3) is 4.05. The Morgan fingerprint density at radius 1 is 1.10 bits per heavy atom. The van der Waals surface area contributed by atoms with Crippen molar-refractivity contribution in [3.63, 3.8) is 0 Å². The Balaban J connectivity index is 1.54. The monoisotopic (exact) mass is 405 g/mol. The van der Waals surface area contributed by atoms with Crippen LogP contribution in [-0.4, -0.2) is 22.4 Å². The van der Waals surface area contributed by atoms with E-state index < -0.39 is 4.92 Å². The fourth-order valence-corrected chi connectivity index (χ4v) is 4.37. The number of nitrogens with zero attached hydrogens (tertiary/aromatic N) is 1. The highest BCUT2D eigenvalue weighted by Gasteiger charge is 2.21. The van der Waals surface area contributed by atoms with Crippen molar-refractivity contribution in [2.75, 3.05) is 6.54 Å². The fourth-order valence-electron chi connectivity index (χ4n) is 3.53. The molecular formula is C22H19N3O3S. The van der Waals surface area contributed by atoms with Gasteiger partial charge in [-0.25, -0.2) is 0 Å². The number of benzene rings is 2. The predicted octanol–water partition coefficient (Wildman–Crippen LogP) is 4.63. The smallest absolute Gasteiger partial charge is 0.273 e. The molecule has 2 aromatic carbocycles. The summed E-state index contributed by atoms with van der Waals surface area (Å²) in [6.07, 6.45) is 1.96. The third-order valence-corrected chi connectivity index (χ3v) is 5.91. The van der Waals surface area contributed by atoms with Crippen LogP contribution >= 0.6 is 11.3 Å². The van der Waals surface area contributed by atoms with E-state index in [4.69, 9.17) is 0 Å². The summed E-state index contributed by atoms with van der Waals surface area (Å²) in [6, 6.07) is 18.5. The summed E-state index contributed by atoms with van der Waals surface area (Å²) in [5.74, 6) is -0.235. The number of carbonyl (C=O) groups excluding carboxylic acids is 1. The van der Waals surface area contributed by atoms with Crippen LogP contribution in [0.3, 0.4) is 0 Å². The van der Waals surface area contributed by atoms with E-state index in [9.17, 15) is 14.9 Å². The van der Waals surface area contributed by atoms with Gasteiger partial charge in [0.15, 0.2) is 0 Å². The zero-order valence-corrected chi connectivity index (χ0v) is 16.3. The van der Waals surface area contributed by atoms with E-state index in [2.05, 4.69) is 22.4 Å². The number of hydrogen-bond acceptors (Lipinski definition) is 4. The molecule has 4 rings (SSSR count). The number of aromatic nitrogens is 1. The molecule has 1 unspecified atom stereocenters. The van der Waals surface area contributed by atoms with Crippen LogP contribution in [0.5, 0.6) is 0 Å². The molecule has 0 radical (unpaired) electrons. The quantitative estimate of drug-likeness (QED) is 0.347. The highest BCUT2D eigenvalue weighted by atomic mass is 32.1. The largest absolute Gasteiger partial charge is 0.361 e. The molecule has 2 heterocycles. The van der Waals surface area contributed by atoms with Gasteiger partial charge >= 0.3 is 0 Å². The lowest BCUT2D eigenvalue weighted by Gasteiger charge is -2.16. The number of para-hydroxylation sites is 2. The number of amides is 1. The maximum Gasteiger partial charge on any atom is 0.273 e. The van der Waals surface area contributed by atoms with Gasteiger partial charge in [0.1, 0.15) is 0 Å². The van der Waals surface area contributed by atoms with Gasteiger partial charge in [-0.3, -0.25) is 14.9 Å². The first-order chi connectivity index (χ1) is 14.1. The summed E-state index contributed by atoms with van der Waals surface area (Å²) in [5.41, 5.74) is 2.55. The molecular weight excluding hydrogens is 386 g/mol. The summed E-state index contributed by atoms with van der Waals surface area (Å²) in [4.78, 5) is 27.7. The van der Waals surface area contributed by atoms with Crippen LogP contribution in [0.25, 0.3) is 10.9 Å². The van der Waals surface area contributed by atoms with E-state index in [1.54, 1.807) is 29.5 Å². The predicted molar refractivity (Wildman–Crippen MR) is 114 cm³/mol. The molecule has 0 aliphatic heterocycles. The topological polar surface area (TPSA) is 88.0 Å². The average Bonchev–Trinajstić information content (AvgIpc) is 3.39. The molecule has 6 nitrogen and oxygen atoms in total. The Labute approximate surface area is 171 Å². The van der Waals surface area contributed by atoms with Crippen molar-refractivity contribution in [1.82, 2.24) is 10.3 Å². The van der Waals surface area contributed by atoms with E-state index in [-0.39, 0.29) is 23.9 Å². The number of fused-ring (bicyclic) bond motifs is 1. The zero-order chi connectivity index (χ0) is 20.2. The normalized spacial score (nSPS) is 12.0. The molecule has 0 fully saturated rings. The fraction of sp³-hybridized carbons (Fsp3) is 0.136. The molecule has 0 spiro atoms. The van der Waals surface area contributed by atoms with E-state index in [1.807, 2.05) is 35.8 Å². The molecule has 29 heavy (non-hydrogen) atoms. The molecule has 0 bridgehead atoms. The number of hydrogen-bond donors (Lipinski definition) is 2. The lowest BCUT2D eigenvalue weighted by molar-refractivity contribution is -0.385. The molecule has 2 aromatic heterocycles. The standard InChI is InChI=1S/C22H19N3O3S/c26-22(12-15-6-1-4-9-20(15)25(27)28)24-14-18(21-10-5-11-29-21)17-13-23-19-8-3-2-7-16(17)19/h1-11,13,18,23H,12,14H2,(H,24,26). The molecule has 4 aromatic rings. The Bertz CT molecular complexity index is 1150. The van der Waals surface area contributed by atoms with Gasteiger partial charge in [-0.15, -0.1) is 11.3 Å². The number of nitrogens with one attached hydrogen (secondary N) is 2. The first-order valence-electron chi connectivity index (χ1n) is 9.22. The number of nitro benzene ring substituents is 1. The molecule has 1 amide bonds. The Hall–Kier alpha value is -3.45. The minimum Gasteiger partial charge on any atom is -0.361 e. The molecule has 0 aliphatic carbocycles. The van der Waals surface area contributed by atoms with Crippen molar-refractivity contribution in [3.8, 4) is 0 Å². The SMILES string of the molecule is O=C(Cc1ccccc1[N+](=O)[O-])NCC(c1cccs1)c1c[nH]c2ccccc12. The number of thiophene rings is 1. The number of carbonyl (C=O) groups is 1. The second kappa shape index (κ2) is 8.28. The second-order valence-corrected chi connectivity index (χ2v) is 7.70. The van der Waals surface area contributed by atoms with Crippen LogP contribution in [0, 0.1) is 10.1 Å². The van der Waals surface area contributed by atoms with Crippen LogP contribution in [0.1, 0.15) is 21.9 Å². The van der Waals surface area contributed by atoms with Gasteiger partial charge in [0.2, 0.25) is 5.91 Å². The van der Waals surface area contributed by atoms with Crippen molar-refractivity contribution in [2.24, 2.45) is 0 Å².